The molecule has 100 valence electrons. The third-order valence-corrected chi connectivity index (χ3v) is 4.28. The molecule has 0 saturated heterocycles. The highest BCUT2D eigenvalue weighted by Crippen LogP contribution is 2.27. The zero-order valence-electron chi connectivity index (χ0n) is 11.5. The molecule has 19 heavy (non-hydrogen) atoms. The van der Waals surface area contributed by atoms with Crippen molar-refractivity contribution in [1.29, 1.82) is 0 Å². The van der Waals surface area contributed by atoms with Gasteiger partial charge in [-0.1, -0.05) is 24.3 Å². The molecule has 0 aliphatic carbocycles. The smallest absolute Gasteiger partial charge is 0.0712 e. The Bertz CT molecular complexity index is 576. The number of hydrazine groups is 1. The van der Waals surface area contributed by atoms with Crippen LogP contribution in [0.5, 0.6) is 0 Å². The van der Waals surface area contributed by atoms with Gasteiger partial charge in [0.2, 0.25) is 0 Å². The lowest BCUT2D eigenvalue weighted by Crippen LogP contribution is -2.29. The standard InChI is InChI=1S/C16H19IN2/c1-10-8-12(3)15(9-11(10)2)16(19-18)13-4-6-14(17)7-5-13/h4-9,16,19H,18H2,1-3H3. The number of rotatable bonds is 3. The van der Waals surface area contributed by atoms with Crippen LogP contribution in [0.4, 0.5) is 0 Å². The van der Waals surface area contributed by atoms with Crippen molar-refractivity contribution in [1.82, 2.24) is 5.43 Å². The second-order valence-electron chi connectivity index (χ2n) is 4.94. The van der Waals surface area contributed by atoms with Crippen LogP contribution < -0.4 is 11.3 Å². The van der Waals surface area contributed by atoms with Crippen LogP contribution in [-0.2, 0) is 0 Å². The second kappa shape index (κ2) is 6.03. The summed E-state index contributed by atoms with van der Waals surface area (Å²) >= 11 is 2.31. The van der Waals surface area contributed by atoms with Crippen molar-refractivity contribution >= 4 is 22.6 Å². The highest BCUT2D eigenvalue weighted by Gasteiger charge is 2.15. The van der Waals surface area contributed by atoms with E-state index in [4.69, 9.17) is 5.84 Å². The Morgan fingerprint density at radius 3 is 2.11 bits per heavy atom. The van der Waals surface area contributed by atoms with E-state index in [0.717, 1.165) is 0 Å². The minimum Gasteiger partial charge on any atom is -0.271 e. The van der Waals surface area contributed by atoms with Crippen LogP contribution in [0.3, 0.4) is 0 Å². The number of nitrogens with one attached hydrogen (secondary N) is 1. The van der Waals surface area contributed by atoms with Gasteiger partial charge in [0, 0.05) is 3.57 Å². The van der Waals surface area contributed by atoms with E-state index in [-0.39, 0.29) is 6.04 Å². The molecule has 1 atom stereocenters. The van der Waals surface area contributed by atoms with Gasteiger partial charge in [-0.25, -0.2) is 5.43 Å². The first-order chi connectivity index (χ1) is 9.02. The maximum absolute atomic E-state index is 5.78. The van der Waals surface area contributed by atoms with Crippen LogP contribution in [0, 0.1) is 24.3 Å². The average Bonchev–Trinajstić information content (AvgIpc) is 2.38. The molecule has 0 amide bonds. The summed E-state index contributed by atoms with van der Waals surface area (Å²) in [5, 5.41) is 0. The lowest BCUT2D eigenvalue weighted by Gasteiger charge is -2.20. The van der Waals surface area contributed by atoms with Crippen molar-refractivity contribution in [2.75, 3.05) is 0 Å². The van der Waals surface area contributed by atoms with Crippen LogP contribution in [0.15, 0.2) is 36.4 Å². The summed E-state index contributed by atoms with van der Waals surface area (Å²) < 4.78 is 1.23. The first kappa shape index (κ1) is 14.5. The quantitative estimate of drug-likeness (QED) is 0.493. The molecule has 0 aliphatic heterocycles. The van der Waals surface area contributed by atoms with Crippen molar-refractivity contribution in [3.63, 3.8) is 0 Å². The first-order valence-corrected chi connectivity index (χ1v) is 7.40. The molecule has 0 spiro atoms. The van der Waals surface area contributed by atoms with E-state index in [1.807, 2.05) is 0 Å². The van der Waals surface area contributed by atoms with E-state index in [1.165, 1.54) is 31.4 Å². The molecule has 0 heterocycles. The van der Waals surface area contributed by atoms with Crippen LogP contribution >= 0.6 is 22.6 Å². The van der Waals surface area contributed by atoms with Crippen LogP contribution in [0.25, 0.3) is 0 Å². The van der Waals surface area contributed by atoms with Crippen LogP contribution in [0.2, 0.25) is 0 Å². The van der Waals surface area contributed by atoms with Gasteiger partial charge in [-0.05, 0) is 83.3 Å². The van der Waals surface area contributed by atoms with Crippen molar-refractivity contribution in [2.24, 2.45) is 5.84 Å². The minimum absolute atomic E-state index is 0.0382. The number of nitrogens with two attached hydrogens (primary N) is 1. The van der Waals surface area contributed by atoms with E-state index in [9.17, 15) is 0 Å². The van der Waals surface area contributed by atoms with E-state index in [1.54, 1.807) is 0 Å². The normalized spacial score (nSPS) is 12.5. The Kier molecular flexibility index (Phi) is 4.60. The summed E-state index contributed by atoms with van der Waals surface area (Å²) in [6, 6.07) is 13.0. The third-order valence-electron chi connectivity index (χ3n) is 3.56. The van der Waals surface area contributed by atoms with Crippen molar-refractivity contribution < 1.29 is 0 Å². The molecule has 3 heteroatoms. The molecular formula is C16H19IN2. The third kappa shape index (κ3) is 3.16. The summed E-state index contributed by atoms with van der Waals surface area (Å²) in [7, 11) is 0. The van der Waals surface area contributed by atoms with Crippen LogP contribution in [0.1, 0.15) is 33.9 Å². The fraction of sp³-hybridized carbons (Fsp3) is 0.250. The van der Waals surface area contributed by atoms with Crippen molar-refractivity contribution in [3.05, 3.63) is 67.8 Å². The zero-order chi connectivity index (χ0) is 14.0. The van der Waals surface area contributed by atoms with Crippen molar-refractivity contribution in [3.8, 4) is 0 Å². The Morgan fingerprint density at radius 2 is 1.53 bits per heavy atom. The largest absolute Gasteiger partial charge is 0.271 e. The molecule has 2 aromatic carbocycles. The summed E-state index contributed by atoms with van der Waals surface area (Å²) in [5.74, 6) is 5.78. The molecule has 3 N–H and O–H groups in total. The number of hydrogen-bond acceptors (Lipinski definition) is 2. The molecule has 0 bridgehead atoms. The maximum Gasteiger partial charge on any atom is 0.0712 e. The monoisotopic (exact) mass is 366 g/mol. The molecule has 0 radical (unpaired) electrons. The Balaban J connectivity index is 2.47. The Labute approximate surface area is 128 Å². The molecule has 2 aromatic rings. The number of halogens is 1. The molecule has 0 saturated carbocycles. The lowest BCUT2D eigenvalue weighted by molar-refractivity contribution is 0.633. The molecule has 0 aromatic heterocycles. The number of aryl methyl sites for hydroxylation is 3. The predicted molar refractivity (Wildman–Crippen MR) is 89.0 cm³/mol. The van der Waals surface area contributed by atoms with Gasteiger partial charge in [0.1, 0.15) is 0 Å². The van der Waals surface area contributed by atoms with Gasteiger partial charge >= 0.3 is 0 Å². The van der Waals surface area contributed by atoms with Gasteiger partial charge in [0.05, 0.1) is 6.04 Å². The maximum atomic E-state index is 5.78. The predicted octanol–water partition coefficient (Wildman–Crippen LogP) is 3.77. The van der Waals surface area contributed by atoms with E-state index < -0.39 is 0 Å². The molecule has 1 unspecified atom stereocenters. The fourth-order valence-corrected chi connectivity index (χ4v) is 2.67. The lowest BCUT2D eigenvalue weighted by atomic mass is 9.92. The summed E-state index contributed by atoms with van der Waals surface area (Å²) in [4.78, 5) is 0. The van der Waals surface area contributed by atoms with E-state index in [0.29, 0.717) is 0 Å². The fourth-order valence-electron chi connectivity index (χ4n) is 2.31. The Morgan fingerprint density at radius 1 is 0.947 bits per heavy atom. The summed E-state index contributed by atoms with van der Waals surface area (Å²) in [6.45, 7) is 6.42. The SMILES string of the molecule is Cc1cc(C)c(C(NN)c2ccc(I)cc2)cc1C. The zero-order valence-corrected chi connectivity index (χ0v) is 13.7. The summed E-state index contributed by atoms with van der Waals surface area (Å²) in [5.41, 5.74) is 9.26. The average molecular weight is 366 g/mol. The molecule has 2 rings (SSSR count). The minimum atomic E-state index is 0.0382. The van der Waals surface area contributed by atoms with Gasteiger partial charge in [0.15, 0.2) is 0 Å². The number of benzene rings is 2. The molecule has 0 aliphatic rings. The molecular weight excluding hydrogens is 347 g/mol. The summed E-state index contributed by atoms with van der Waals surface area (Å²) in [6.07, 6.45) is 0. The van der Waals surface area contributed by atoms with Gasteiger partial charge in [-0.15, -0.1) is 0 Å². The van der Waals surface area contributed by atoms with E-state index in [2.05, 4.69) is 85.2 Å². The number of hydrogen-bond donors (Lipinski definition) is 2. The van der Waals surface area contributed by atoms with Gasteiger partial charge < -0.3 is 0 Å². The van der Waals surface area contributed by atoms with Gasteiger partial charge in [-0.2, -0.15) is 0 Å². The molecule has 0 fully saturated rings. The molecule has 2 nitrogen and oxygen atoms in total. The van der Waals surface area contributed by atoms with Gasteiger partial charge in [0.25, 0.3) is 0 Å². The van der Waals surface area contributed by atoms with Crippen molar-refractivity contribution in [2.45, 2.75) is 26.8 Å². The Hall–Kier alpha value is -0.910. The highest BCUT2D eigenvalue weighted by molar-refractivity contribution is 14.1. The highest BCUT2D eigenvalue weighted by atomic mass is 127. The van der Waals surface area contributed by atoms with E-state index >= 15 is 0 Å². The second-order valence-corrected chi connectivity index (χ2v) is 6.19. The first-order valence-electron chi connectivity index (χ1n) is 6.32. The van der Waals surface area contributed by atoms with Gasteiger partial charge in [-0.3, -0.25) is 5.84 Å². The topological polar surface area (TPSA) is 38.0 Å². The van der Waals surface area contributed by atoms with Crippen LogP contribution in [-0.4, -0.2) is 0 Å².